The van der Waals surface area contributed by atoms with Crippen LogP contribution in [0.15, 0.2) is 24.3 Å². The highest BCUT2D eigenvalue weighted by molar-refractivity contribution is 8.06. The summed E-state index contributed by atoms with van der Waals surface area (Å²) in [6.45, 7) is 0.0182. The maximum atomic E-state index is 12.9. The van der Waals surface area contributed by atoms with Crippen LogP contribution in [0.5, 0.6) is 0 Å². The van der Waals surface area contributed by atoms with Gasteiger partial charge in [0.25, 0.3) is 0 Å². The van der Waals surface area contributed by atoms with Crippen molar-refractivity contribution in [2.45, 2.75) is 17.6 Å². The predicted molar refractivity (Wildman–Crippen MR) is 88.0 cm³/mol. The number of carbonyl (C=O) groups excluding carboxylic acids is 1. The van der Waals surface area contributed by atoms with Gasteiger partial charge >= 0.3 is 5.97 Å². The van der Waals surface area contributed by atoms with Gasteiger partial charge in [0.2, 0.25) is 5.91 Å². The molecule has 1 heterocycles. The molecule has 0 radical (unpaired) electrons. The fraction of sp³-hybridized carbons (Fsp3) is 0.467. The summed E-state index contributed by atoms with van der Waals surface area (Å²) in [5, 5.41) is 12.3. The minimum Gasteiger partial charge on any atom is -0.481 e. The third-order valence-electron chi connectivity index (χ3n) is 3.37. The lowest BCUT2D eigenvalue weighted by Gasteiger charge is -2.21. The predicted octanol–water partition coefficient (Wildman–Crippen LogP) is 2.35. The molecule has 1 aromatic carbocycles. The van der Waals surface area contributed by atoms with E-state index in [2.05, 4.69) is 5.32 Å². The summed E-state index contributed by atoms with van der Waals surface area (Å²) in [5.74, 6) is 0.688. The number of hydrogen-bond donors (Lipinski definition) is 2. The first kappa shape index (κ1) is 17.1. The third-order valence-corrected chi connectivity index (χ3v) is 6.22. The minimum atomic E-state index is -1.03. The van der Waals surface area contributed by atoms with Gasteiger partial charge in [-0.15, -0.1) is 0 Å². The minimum absolute atomic E-state index is 0.0182. The average Bonchev–Trinajstić information content (AvgIpc) is 2.50. The topological polar surface area (TPSA) is 66.4 Å². The fourth-order valence-electron chi connectivity index (χ4n) is 2.19. The van der Waals surface area contributed by atoms with Crippen LogP contribution in [0, 0.1) is 5.82 Å². The molecule has 2 rings (SSSR count). The summed E-state index contributed by atoms with van der Waals surface area (Å²) < 4.78 is 12.9. The molecular formula is C15H18FNO3S2. The molecule has 1 aliphatic heterocycles. The summed E-state index contributed by atoms with van der Waals surface area (Å²) in [6.07, 6.45) is 0.410. The lowest BCUT2D eigenvalue weighted by Crippen LogP contribution is -2.34. The number of rotatable bonds is 6. The van der Waals surface area contributed by atoms with Crippen LogP contribution in [0.3, 0.4) is 0 Å². The van der Waals surface area contributed by atoms with Gasteiger partial charge in [0.05, 0.1) is 5.92 Å². The van der Waals surface area contributed by atoms with E-state index in [1.165, 1.54) is 24.3 Å². The molecule has 1 amide bonds. The van der Waals surface area contributed by atoms with Crippen LogP contribution < -0.4 is 5.32 Å². The SMILES string of the molecule is O=C(CC1CSCCS1)NCC(C(=O)O)c1ccc(F)cc1. The van der Waals surface area contributed by atoms with Crippen LogP contribution in [0.1, 0.15) is 17.9 Å². The smallest absolute Gasteiger partial charge is 0.312 e. The zero-order chi connectivity index (χ0) is 15.9. The maximum absolute atomic E-state index is 12.9. The summed E-state index contributed by atoms with van der Waals surface area (Å²) >= 11 is 3.63. The molecule has 22 heavy (non-hydrogen) atoms. The van der Waals surface area contributed by atoms with E-state index in [-0.39, 0.29) is 12.5 Å². The number of amides is 1. The number of carboxylic acid groups (broad SMARTS) is 1. The Morgan fingerprint density at radius 2 is 2.05 bits per heavy atom. The highest BCUT2D eigenvalue weighted by atomic mass is 32.2. The number of nitrogens with one attached hydrogen (secondary N) is 1. The Morgan fingerprint density at radius 1 is 1.32 bits per heavy atom. The largest absolute Gasteiger partial charge is 0.481 e. The molecule has 7 heteroatoms. The first-order chi connectivity index (χ1) is 10.6. The Morgan fingerprint density at radius 3 is 2.64 bits per heavy atom. The molecule has 2 atom stereocenters. The van der Waals surface area contributed by atoms with E-state index >= 15 is 0 Å². The molecule has 0 spiro atoms. The molecule has 4 nitrogen and oxygen atoms in total. The number of carbonyl (C=O) groups is 2. The molecule has 1 saturated heterocycles. The van der Waals surface area contributed by atoms with Gasteiger partial charge in [0.15, 0.2) is 0 Å². The average molecular weight is 343 g/mol. The van der Waals surface area contributed by atoms with Crippen LogP contribution in [0.4, 0.5) is 4.39 Å². The molecule has 120 valence electrons. The molecule has 1 aromatic rings. The molecule has 1 fully saturated rings. The molecule has 0 saturated carbocycles. The van der Waals surface area contributed by atoms with Gasteiger partial charge in [-0.2, -0.15) is 23.5 Å². The highest BCUT2D eigenvalue weighted by Crippen LogP contribution is 2.26. The van der Waals surface area contributed by atoms with Crippen LogP contribution >= 0.6 is 23.5 Å². The van der Waals surface area contributed by atoms with Gasteiger partial charge in [-0.05, 0) is 17.7 Å². The standard InChI is InChI=1S/C15H18FNO3S2/c16-11-3-1-10(2-4-11)13(15(19)20)8-17-14(18)7-12-9-21-5-6-22-12/h1-4,12-13H,5-9H2,(H,17,18)(H,19,20). The first-order valence-electron chi connectivity index (χ1n) is 7.00. The zero-order valence-corrected chi connectivity index (χ0v) is 13.6. The first-order valence-corrected chi connectivity index (χ1v) is 9.21. The molecular weight excluding hydrogens is 325 g/mol. The van der Waals surface area contributed by atoms with Gasteiger partial charge in [-0.1, -0.05) is 12.1 Å². The van der Waals surface area contributed by atoms with Gasteiger partial charge in [-0.25, -0.2) is 4.39 Å². The summed E-state index contributed by atoms with van der Waals surface area (Å²) in [4.78, 5) is 23.3. The van der Waals surface area contributed by atoms with E-state index in [9.17, 15) is 19.1 Å². The number of hydrogen-bond acceptors (Lipinski definition) is 4. The van der Waals surface area contributed by atoms with Crippen molar-refractivity contribution in [3.8, 4) is 0 Å². The van der Waals surface area contributed by atoms with Crippen LogP contribution in [0.2, 0.25) is 0 Å². The lowest BCUT2D eigenvalue weighted by molar-refractivity contribution is -0.138. The van der Waals surface area contributed by atoms with E-state index in [1.54, 1.807) is 11.8 Å². The van der Waals surface area contributed by atoms with Crippen molar-refractivity contribution in [1.82, 2.24) is 5.32 Å². The maximum Gasteiger partial charge on any atom is 0.312 e. The van der Waals surface area contributed by atoms with Gasteiger partial charge in [-0.3, -0.25) is 9.59 Å². The van der Waals surface area contributed by atoms with Crippen molar-refractivity contribution < 1.29 is 19.1 Å². The monoisotopic (exact) mass is 343 g/mol. The fourth-order valence-corrected chi connectivity index (χ4v) is 4.87. The van der Waals surface area contributed by atoms with Gasteiger partial charge in [0.1, 0.15) is 5.82 Å². The third kappa shape index (κ3) is 5.21. The molecule has 0 aromatic heterocycles. The lowest BCUT2D eigenvalue weighted by atomic mass is 9.99. The Hall–Kier alpha value is -1.21. The Balaban J connectivity index is 1.87. The molecule has 0 bridgehead atoms. The molecule has 2 unspecified atom stereocenters. The number of aliphatic carboxylic acids is 1. The quantitative estimate of drug-likeness (QED) is 0.830. The van der Waals surface area contributed by atoms with Crippen LogP contribution in [0.25, 0.3) is 0 Å². The van der Waals surface area contributed by atoms with E-state index in [1.807, 2.05) is 11.8 Å². The second-order valence-electron chi connectivity index (χ2n) is 5.02. The van der Waals surface area contributed by atoms with Crippen LogP contribution in [-0.2, 0) is 9.59 Å². The molecule has 2 N–H and O–H groups in total. The zero-order valence-electron chi connectivity index (χ0n) is 12.0. The van der Waals surface area contributed by atoms with Crippen molar-refractivity contribution in [2.24, 2.45) is 0 Å². The summed E-state index contributed by atoms with van der Waals surface area (Å²) in [6, 6.07) is 5.33. The highest BCUT2D eigenvalue weighted by Gasteiger charge is 2.22. The van der Waals surface area contributed by atoms with Crippen molar-refractivity contribution in [3.05, 3.63) is 35.6 Å². The van der Waals surface area contributed by atoms with Crippen molar-refractivity contribution in [2.75, 3.05) is 23.8 Å². The molecule has 0 aliphatic carbocycles. The van der Waals surface area contributed by atoms with Gasteiger partial charge in [0, 0.05) is 35.5 Å². The Kier molecular flexibility index (Phi) is 6.57. The summed E-state index contributed by atoms with van der Waals surface area (Å²) in [7, 11) is 0. The van der Waals surface area contributed by atoms with Crippen molar-refractivity contribution in [3.63, 3.8) is 0 Å². The van der Waals surface area contributed by atoms with Crippen molar-refractivity contribution in [1.29, 1.82) is 0 Å². The van der Waals surface area contributed by atoms with Crippen molar-refractivity contribution >= 4 is 35.4 Å². The molecule has 1 aliphatic rings. The number of carboxylic acids is 1. The van der Waals surface area contributed by atoms with E-state index in [0.717, 1.165) is 17.3 Å². The number of thioether (sulfide) groups is 2. The van der Waals surface area contributed by atoms with E-state index in [0.29, 0.717) is 17.2 Å². The number of halogens is 1. The Bertz CT molecular complexity index is 518. The Labute approximate surface area is 137 Å². The second kappa shape index (κ2) is 8.43. The number of benzene rings is 1. The second-order valence-corrected chi connectivity index (χ2v) is 7.58. The van der Waals surface area contributed by atoms with E-state index < -0.39 is 17.7 Å². The van der Waals surface area contributed by atoms with Gasteiger partial charge < -0.3 is 10.4 Å². The van der Waals surface area contributed by atoms with E-state index in [4.69, 9.17) is 0 Å². The normalized spacial score (nSPS) is 19.4. The van der Waals surface area contributed by atoms with Crippen LogP contribution in [-0.4, -0.2) is 46.0 Å². The summed E-state index contributed by atoms with van der Waals surface area (Å²) in [5.41, 5.74) is 0.483.